The molecule has 23 aromatic rings. The first-order valence-corrected chi connectivity index (χ1v) is 35.4. The highest BCUT2D eigenvalue weighted by Crippen LogP contribution is 2.45. The Bertz CT molecular complexity index is 7480. The molecule has 104 heavy (non-hydrogen) atoms. The third kappa shape index (κ3) is 8.66. The van der Waals surface area contributed by atoms with E-state index in [2.05, 4.69) is 343 Å². The minimum atomic E-state index is 1.00. The van der Waals surface area contributed by atoms with Gasteiger partial charge in [0.1, 0.15) is 0 Å². The molecule has 0 fully saturated rings. The van der Waals surface area contributed by atoms with Gasteiger partial charge in [0.15, 0.2) is 0 Å². The number of hydrogen-bond donors (Lipinski definition) is 0. The lowest BCUT2D eigenvalue weighted by Gasteiger charge is -2.13. The first kappa shape index (κ1) is 57.8. The van der Waals surface area contributed by atoms with Crippen LogP contribution >= 0.6 is 0 Å². The zero-order valence-electron chi connectivity index (χ0n) is 56.1. The average Bonchev–Trinajstić information content (AvgIpc) is 1.65. The quantitative estimate of drug-likeness (QED) is 0.156. The van der Waals surface area contributed by atoms with Crippen LogP contribution in [0, 0.1) is 0 Å². The second-order valence-electron chi connectivity index (χ2n) is 27.3. The Morgan fingerprint density at radius 3 is 0.875 bits per heavy atom. The monoisotopic (exact) mass is 1320 g/mol. The van der Waals surface area contributed by atoms with Gasteiger partial charge < -0.3 is 18.3 Å². The number of pyridine rings is 4. The molecule has 0 aliphatic carbocycles. The minimum absolute atomic E-state index is 1.00. The van der Waals surface area contributed by atoms with Crippen molar-refractivity contribution in [3.8, 4) is 45.0 Å². The van der Waals surface area contributed by atoms with Gasteiger partial charge in [0.2, 0.25) is 0 Å². The lowest BCUT2D eigenvalue weighted by Crippen LogP contribution is -1.95. The molecule has 482 valence electrons. The molecule has 8 heteroatoms. The van der Waals surface area contributed by atoms with Crippen LogP contribution in [0.4, 0.5) is 0 Å². The van der Waals surface area contributed by atoms with E-state index in [1.165, 1.54) is 141 Å². The van der Waals surface area contributed by atoms with Gasteiger partial charge in [-0.3, -0.25) is 19.9 Å². The molecule has 0 N–H and O–H groups in total. The second-order valence-corrected chi connectivity index (χ2v) is 27.3. The van der Waals surface area contributed by atoms with Crippen molar-refractivity contribution in [2.75, 3.05) is 0 Å². The fourth-order valence-electron chi connectivity index (χ4n) is 17.3. The summed E-state index contributed by atoms with van der Waals surface area (Å²) in [5.41, 5.74) is 19.3. The average molecular weight is 1320 g/mol. The van der Waals surface area contributed by atoms with Gasteiger partial charge in [0.25, 0.3) is 0 Å². The van der Waals surface area contributed by atoms with Crippen LogP contribution in [0.3, 0.4) is 0 Å². The van der Waals surface area contributed by atoms with Crippen LogP contribution in [0.15, 0.2) is 353 Å². The van der Waals surface area contributed by atoms with Gasteiger partial charge >= 0.3 is 0 Å². The molecule has 0 radical (unpaired) electrons. The summed E-state index contributed by atoms with van der Waals surface area (Å²) in [5.74, 6) is 0. The maximum Gasteiger partial charge on any atom is 0.0730 e. The summed E-state index contributed by atoms with van der Waals surface area (Å²) >= 11 is 0. The molecule has 23 rings (SSSR count). The van der Waals surface area contributed by atoms with E-state index in [0.29, 0.717) is 0 Å². The van der Waals surface area contributed by atoms with Gasteiger partial charge in [0, 0.05) is 89.8 Å². The van der Waals surface area contributed by atoms with Crippen molar-refractivity contribution < 1.29 is 0 Å². The SMILES string of the molecule is c1ccc(-n2c3ccc(-c4ccc5c(c4)c4ccncc4n5-c4ccc5c6ccccc6c6ccccc6c5c4)cc3c3c4ccccc4ncc32)cc1.c1ccc(-n2c3ccc(-c4ccc5c(c4)c4ccncc4n5-c4ccc5c6ccccc6c6ccccc6c5c4)cc3c3ccncc32)cc1. The highest BCUT2D eigenvalue weighted by atomic mass is 15.0. The molecule has 0 aliphatic rings. The van der Waals surface area contributed by atoms with E-state index >= 15 is 0 Å². The number of fused-ring (bicyclic) bond motifs is 26. The van der Waals surface area contributed by atoms with Crippen LogP contribution in [0.1, 0.15) is 0 Å². The minimum Gasteiger partial charge on any atom is -0.308 e. The predicted molar refractivity (Wildman–Crippen MR) is 435 cm³/mol. The van der Waals surface area contributed by atoms with Crippen LogP contribution in [0.2, 0.25) is 0 Å². The van der Waals surface area contributed by atoms with E-state index in [0.717, 1.165) is 66.8 Å². The summed E-state index contributed by atoms with van der Waals surface area (Å²) in [4.78, 5) is 18.6. The normalized spacial score (nSPS) is 12.0. The van der Waals surface area contributed by atoms with Crippen LogP contribution in [0.25, 0.3) is 208 Å². The first-order valence-electron chi connectivity index (χ1n) is 35.4. The molecule has 0 aliphatic heterocycles. The number of hydrogen-bond acceptors (Lipinski definition) is 4. The standard InChI is InChI=1S/C50H30N4.C46H28N4/c1-2-10-33(11-3-1)53-47-23-19-32(27-44(47)50-41-16-8-9-17-45(41)52-30-49(50)53)31-18-22-46-43(26-31)40-24-25-51-29-48(40)54(46)34-20-21-39-37-14-5-4-12-35(37)36-13-6-7-15-38(36)42(39)28-34;1-2-8-31(9-3-1)49-43-18-14-29(24-41(43)38-20-22-47-27-45(38)49)30-15-19-44-42(25-30)39-21-23-48-28-46(39)50(44)32-16-17-37-35-12-5-4-10-33(35)34-11-6-7-13-36(34)40(37)26-32/h1-30H;1-28H. The molecule has 0 saturated carbocycles. The molecule has 15 aromatic carbocycles. The zero-order valence-corrected chi connectivity index (χ0v) is 56.1. The van der Waals surface area contributed by atoms with Gasteiger partial charge in [-0.15, -0.1) is 0 Å². The predicted octanol–water partition coefficient (Wildman–Crippen LogP) is 24.7. The summed E-state index contributed by atoms with van der Waals surface area (Å²) in [6.45, 7) is 0. The fraction of sp³-hybridized carbons (Fsp3) is 0. The molecule has 8 aromatic heterocycles. The molecule has 0 bridgehead atoms. The highest BCUT2D eigenvalue weighted by molar-refractivity contribution is 6.28. The highest BCUT2D eigenvalue weighted by Gasteiger charge is 2.22. The van der Waals surface area contributed by atoms with Gasteiger partial charge in [0.05, 0.1) is 74.4 Å². The molecular formula is C96H58N8. The van der Waals surface area contributed by atoms with Crippen molar-refractivity contribution in [3.05, 3.63) is 353 Å². The summed E-state index contributed by atoms with van der Waals surface area (Å²) in [6.07, 6.45) is 13.7. The number of benzene rings is 15. The zero-order chi connectivity index (χ0) is 68.1. The number of nitrogens with zero attached hydrogens (tertiary/aromatic N) is 8. The third-order valence-corrected chi connectivity index (χ3v) is 21.9. The van der Waals surface area contributed by atoms with Gasteiger partial charge in [-0.2, -0.15) is 0 Å². The van der Waals surface area contributed by atoms with E-state index in [-0.39, 0.29) is 0 Å². The molecule has 0 amide bonds. The first-order chi connectivity index (χ1) is 51.6. The number of aromatic nitrogens is 8. The van der Waals surface area contributed by atoms with E-state index < -0.39 is 0 Å². The summed E-state index contributed by atoms with van der Waals surface area (Å²) < 4.78 is 9.39. The van der Waals surface area contributed by atoms with E-state index in [9.17, 15) is 0 Å². The smallest absolute Gasteiger partial charge is 0.0730 e. The van der Waals surface area contributed by atoms with Crippen LogP contribution < -0.4 is 0 Å². The molecule has 0 spiro atoms. The van der Waals surface area contributed by atoms with Crippen LogP contribution in [0.5, 0.6) is 0 Å². The summed E-state index contributed by atoms with van der Waals surface area (Å²) in [6, 6.07) is 112. The number of rotatable bonds is 6. The van der Waals surface area contributed by atoms with E-state index in [1.54, 1.807) is 0 Å². The molecule has 8 heterocycles. The Morgan fingerprint density at radius 2 is 0.481 bits per heavy atom. The van der Waals surface area contributed by atoms with E-state index in [4.69, 9.17) is 4.98 Å². The van der Waals surface area contributed by atoms with Gasteiger partial charge in [-0.25, -0.2) is 0 Å². The Hall–Kier alpha value is -14.1. The molecule has 0 atom stereocenters. The van der Waals surface area contributed by atoms with Crippen molar-refractivity contribution >= 4 is 163 Å². The number of para-hydroxylation sites is 3. The van der Waals surface area contributed by atoms with Crippen LogP contribution in [-0.2, 0) is 0 Å². The lowest BCUT2D eigenvalue weighted by atomic mass is 9.94. The molecule has 0 saturated heterocycles. The molecular weight excluding hydrogens is 1270 g/mol. The topological polar surface area (TPSA) is 71.3 Å². The van der Waals surface area contributed by atoms with Crippen molar-refractivity contribution in [1.29, 1.82) is 0 Å². The van der Waals surface area contributed by atoms with Gasteiger partial charge in [-0.1, -0.05) is 188 Å². The maximum absolute atomic E-state index is 4.88. The fourth-order valence-corrected chi connectivity index (χ4v) is 17.3. The Labute approximate surface area is 595 Å². The van der Waals surface area contributed by atoms with Crippen molar-refractivity contribution in [1.82, 2.24) is 38.2 Å². The largest absolute Gasteiger partial charge is 0.308 e. The maximum atomic E-state index is 4.88. The van der Waals surface area contributed by atoms with Crippen molar-refractivity contribution in [2.45, 2.75) is 0 Å². The third-order valence-electron chi connectivity index (χ3n) is 21.9. The van der Waals surface area contributed by atoms with Crippen molar-refractivity contribution in [3.63, 3.8) is 0 Å². The second kappa shape index (κ2) is 22.7. The Balaban J connectivity index is 0.000000131. The van der Waals surface area contributed by atoms with Crippen molar-refractivity contribution in [2.24, 2.45) is 0 Å². The van der Waals surface area contributed by atoms with Crippen LogP contribution in [-0.4, -0.2) is 38.2 Å². The van der Waals surface area contributed by atoms with Gasteiger partial charge in [-0.05, 0) is 208 Å². The summed E-state index contributed by atoms with van der Waals surface area (Å²) in [5, 5.41) is 26.1. The summed E-state index contributed by atoms with van der Waals surface area (Å²) in [7, 11) is 0. The van der Waals surface area contributed by atoms with E-state index in [1.807, 2.05) is 43.4 Å². The Kier molecular flexibility index (Phi) is 12.6. The lowest BCUT2D eigenvalue weighted by molar-refractivity contribution is 1.17. The Morgan fingerprint density at radius 1 is 0.173 bits per heavy atom. The molecule has 0 unspecified atom stereocenters. The molecule has 8 nitrogen and oxygen atoms in total.